The van der Waals surface area contributed by atoms with Gasteiger partial charge in [-0.3, -0.25) is 0 Å². The Morgan fingerprint density at radius 3 is 2.86 bits per heavy atom. The zero-order chi connectivity index (χ0) is 10.2. The van der Waals surface area contributed by atoms with Crippen LogP contribution in [-0.4, -0.2) is 25.3 Å². The smallest absolute Gasteiger partial charge is 0.213 e. The summed E-state index contributed by atoms with van der Waals surface area (Å²) in [5.74, 6) is 0.542. The molecule has 14 heavy (non-hydrogen) atoms. The first-order valence-electron chi connectivity index (χ1n) is 4.34. The van der Waals surface area contributed by atoms with Gasteiger partial charge in [-0.15, -0.1) is 0 Å². The fraction of sp³-hybridized carbons (Fsp3) is 0.400. The first-order valence-corrected chi connectivity index (χ1v) is 4.34. The normalized spacial score (nSPS) is 9.43. The summed E-state index contributed by atoms with van der Waals surface area (Å²) in [5, 5.41) is 8.53. The monoisotopic (exact) mass is 192 g/mol. The molecule has 1 aromatic heterocycles. The summed E-state index contributed by atoms with van der Waals surface area (Å²) in [6, 6.07) is 5.36. The number of methoxy groups -OCH3 is 1. The summed E-state index contributed by atoms with van der Waals surface area (Å²) < 4.78 is 10.2. The van der Waals surface area contributed by atoms with Gasteiger partial charge in [-0.1, -0.05) is 0 Å². The highest BCUT2D eigenvalue weighted by Gasteiger charge is 1.95. The van der Waals surface area contributed by atoms with Gasteiger partial charge in [-0.05, 0) is 6.07 Å². The average Bonchev–Trinajstić information content (AvgIpc) is 2.25. The molecule has 0 fully saturated rings. The van der Waals surface area contributed by atoms with E-state index >= 15 is 0 Å². The van der Waals surface area contributed by atoms with Crippen LogP contribution in [0, 0.1) is 11.3 Å². The molecule has 0 bridgehead atoms. The molecule has 0 spiro atoms. The topological polar surface area (TPSA) is 55.1 Å². The zero-order valence-corrected chi connectivity index (χ0v) is 8.06. The van der Waals surface area contributed by atoms with Crippen LogP contribution < -0.4 is 4.74 Å². The summed E-state index contributed by atoms with van der Waals surface area (Å²) in [5.41, 5.74) is 0.536. The molecule has 74 valence electrons. The molecule has 0 atom stereocenters. The molecule has 4 nitrogen and oxygen atoms in total. The van der Waals surface area contributed by atoms with E-state index in [0.29, 0.717) is 24.7 Å². The van der Waals surface area contributed by atoms with Crippen molar-refractivity contribution in [1.82, 2.24) is 4.98 Å². The molecule has 0 aliphatic rings. The fourth-order valence-corrected chi connectivity index (χ4v) is 0.912. The lowest BCUT2D eigenvalue weighted by Gasteiger charge is -2.03. The van der Waals surface area contributed by atoms with Crippen molar-refractivity contribution in [2.75, 3.05) is 20.3 Å². The predicted octanol–water partition coefficient (Wildman–Crippen LogP) is 1.37. The Morgan fingerprint density at radius 1 is 1.43 bits per heavy atom. The van der Waals surface area contributed by atoms with Crippen LogP contribution in [0.4, 0.5) is 0 Å². The molecule has 0 radical (unpaired) electrons. The Balaban J connectivity index is 2.33. The Labute approximate surface area is 83.1 Å². The minimum absolute atomic E-state index is 0.536. The maximum atomic E-state index is 8.53. The van der Waals surface area contributed by atoms with Crippen molar-refractivity contribution in [1.29, 1.82) is 5.26 Å². The molecule has 0 unspecified atom stereocenters. The maximum absolute atomic E-state index is 8.53. The molecular formula is C10H12N2O2. The van der Waals surface area contributed by atoms with Crippen LogP contribution in [0.1, 0.15) is 12.0 Å². The second-order valence-corrected chi connectivity index (χ2v) is 2.69. The minimum atomic E-state index is 0.536. The van der Waals surface area contributed by atoms with Gasteiger partial charge in [0.05, 0.1) is 12.2 Å². The first-order chi connectivity index (χ1) is 6.86. The van der Waals surface area contributed by atoms with Gasteiger partial charge >= 0.3 is 0 Å². The van der Waals surface area contributed by atoms with Gasteiger partial charge < -0.3 is 9.47 Å². The Bertz CT molecular complexity index is 303. The summed E-state index contributed by atoms with van der Waals surface area (Å²) >= 11 is 0. The van der Waals surface area contributed by atoms with Crippen molar-refractivity contribution in [3.8, 4) is 11.9 Å². The van der Waals surface area contributed by atoms with E-state index in [4.69, 9.17) is 14.7 Å². The molecule has 0 aliphatic heterocycles. The lowest BCUT2D eigenvalue weighted by Crippen LogP contribution is -2.02. The molecule has 4 heteroatoms. The summed E-state index contributed by atoms with van der Waals surface area (Å²) in [4.78, 5) is 3.96. The molecule has 0 saturated heterocycles. The molecule has 1 heterocycles. The number of nitriles is 1. The Hall–Kier alpha value is -1.60. The predicted molar refractivity (Wildman–Crippen MR) is 50.9 cm³/mol. The van der Waals surface area contributed by atoms with Crippen molar-refractivity contribution in [2.45, 2.75) is 6.42 Å². The molecule has 1 rings (SSSR count). The largest absolute Gasteiger partial charge is 0.478 e. The van der Waals surface area contributed by atoms with Crippen LogP contribution in [0.5, 0.6) is 5.88 Å². The number of aromatic nitrogens is 1. The molecule has 0 aliphatic carbocycles. The highest BCUT2D eigenvalue weighted by atomic mass is 16.5. The zero-order valence-electron chi connectivity index (χ0n) is 8.06. The fourth-order valence-electron chi connectivity index (χ4n) is 0.912. The Kier molecular flexibility index (Phi) is 4.45. The van der Waals surface area contributed by atoms with E-state index in [-0.39, 0.29) is 0 Å². The van der Waals surface area contributed by atoms with Crippen LogP contribution >= 0.6 is 0 Å². The minimum Gasteiger partial charge on any atom is -0.478 e. The number of nitrogens with zero attached hydrogens (tertiary/aromatic N) is 2. The second kappa shape index (κ2) is 5.95. The number of hydrogen-bond acceptors (Lipinski definition) is 4. The van der Waals surface area contributed by atoms with E-state index in [1.807, 2.05) is 6.07 Å². The van der Waals surface area contributed by atoms with Crippen molar-refractivity contribution >= 4 is 0 Å². The van der Waals surface area contributed by atoms with Gasteiger partial charge in [0.1, 0.15) is 6.07 Å². The van der Waals surface area contributed by atoms with Crippen molar-refractivity contribution in [3.05, 3.63) is 23.9 Å². The number of hydrogen-bond donors (Lipinski definition) is 0. The third-order valence-corrected chi connectivity index (χ3v) is 1.61. The molecule has 0 amide bonds. The molecule has 0 saturated carbocycles. The van der Waals surface area contributed by atoms with E-state index in [0.717, 1.165) is 6.42 Å². The summed E-state index contributed by atoms with van der Waals surface area (Å²) in [7, 11) is 1.65. The van der Waals surface area contributed by atoms with E-state index in [9.17, 15) is 0 Å². The van der Waals surface area contributed by atoms with Crippen LogP contribution in [0.15, 0.2) is 18.3 Å². The SMILES string of the molecule is COCCCOc1ccc(C#N)cn1. The lowest BCUT2D eigenvalue weighted by molar-refractivity contribution is 0.170. The molecule has 0 aromatic carbocycles. The number of rotatable bonds is 5. The maximum Gasteiger partial charge on any atom is 0.213 e. The lowest BCUT2D eigenvalue weighted by atomic mass is 10.3. The third-order valence-electron chi connectivity index (χ3n) is 1.61. The van der Waals surface area contributed by atoms with Gasteiger partial charge in [0, 0.05) is 32.4 Å². The van der Waals surface area contributed by atoms with Gasteiger partial charge in [0.15, 0.2) is 0 Å². The number of ether oxygens (including phenoxy) is 2. The van der Waals surface area contributed by atoms with Gasteiger partial charge in [-0.2, -0.15) is 5.26 Å². The van der Waals surface area contributed by atoms with E-state index in [1.165, 1.54) is 6.20 Å². The second-order valence-electron chi connectivity index (χ2n) is 2.69. The highest BCUT2D eigenvalue weighted by Crippen LogP contribution is 2.06. The molecule has 1 aromatic rings. The molecular weight excluding hydrogens is 180 g/mol. The average molecular weight is 192 g/mol. The van der Waals surface area contributed by atoms with Crippen LogP contribution in [0.2, 0.25) is 0 Å². The quantitative estimate of drug-likeness (QED) is 0.661. The Morgan fingerprint density at radius 2 is 2.29 bits per heavy atom. The summed E-state index contributed by atoms with van der Waals surface area (Å²) in [6.45, 7) is 1.25. The highest BCUT2D eigenvalue weighted by molar-refractivity contribution is 5.28. The van der Waals surface area contributed by atoms with E-state index in [1.54, 1.807) is 19.2 Å². The van der Waals surface area contributed by atoms with Gasteiger partial charge in [0.2, 0.25) is 5.88 Å². The van der Waals surface area contributed by atoms with Crippen LogP contribution in [-0.2, 0) is 4.74 Å². The van der Waals surface area contributed by atoms with Crippen molar-refractivity contribution in [3.63, 3.8) is 0 Å². The first kappa shape index (κ1) is 10.5. The third kappa shape index (κ3) is 3.42. The van der Waals surface area contributed by atoms with Crippen LogP contribution in [0.3, 0.4) is 0 Å². The molecule has 0 N–H and O–H groups in total. The number of pyridine rings is 1. The van der Waals surface area contributed by atoms with Crippen molar-refractivity contribution < 1.29 is 9.47 Å². The summed E-state index contributed by atoms with van der Waals surface area (Å²) in [6.07, 6.45) is 2.32. The van der Waals surface area contributed by atoms with Crippen molar-refractivity contribution in [2.24, 2.45) is 0 Å². The van der Waals surface area contributed by atoms with Gasteiger partial charge in [0.25, 0.3) is 0 Å². The standard InChI is InChI=1S/C10H12N2O2/c1-13-5-2-6-14-10-4-3-9(7-11)8-12-10/h3-4,8H,2,5-6H2,1H3. The van der Waals surface area contributed by atoms with E-state index in [2.05, 4.69) is 4.98 Å². The van der Waals surface area contributed by atoms with E-state index < -0.39 is 0 Å². The van der Waals surface area contributed by atoms with Gasteiger partial charge in [-0.25, -0.2) is 4.98 Å². The van der Waals surface area contributed by atoms with Crippen LogP contribution in [0.25, 0.3) is 0 Å².